The van der Waals surface area contributed by atoms with E-state index >= 15 is 0 Å². The molecule has 0 atom stereocenters. The average molecular weight is 425 g/mol. The molecule has 0 bridgehead atoms. The minimum atomic E-state index is -3.59. The van der Waals surface area contributed by atoms with E-state index in [1.54, 1.807) is 0 Å². The molecule has 28 heavy (non-hydrogen) atoms. The summed E-state index contributed by atoms with van der Waals surface area (Å²) in [6.45, 7) is 6.09. The molecule has 3 rings (SSSR count). The standard InChI is InChI=1S/C19H25ClN4O3S/c1-14-12-15(2)24(22-14)11-5-8-21-19(25)17-13-16(6-7-18(17)20)28(26,27)23-9-3-4-10-23/h6-7,12-13H,3-5,8-11H2,1-2H3,(H,21,25). The summed E-state index contributed by atoms with van der Waals surface area (Å²) in [6, 6.07) is 6.29. The van der Waals surface area contributed by atoms with Crippen molar-refractivity contribution in [3.63, 3.8) is 0 Å². The Labute approximate surface area is 170 Å². The van der Waals surface area contributed by atoms with E-state index in [1.807, 2.05) is 24.6 Å². The van der Waals surface area contributed by atoms with Crippen LogP contribution in [0.3, 0.4) is 0 Å². The number of benzene rings is 1. The number of aromatic nitrogens is 2. The third-order valence-electron chi connectivity index (χ3n) is 4.82. The van der Waals surface area contributed by atoms with E-state index in [0.29, 0.717) is 32.6 Å². The van der Waals surface area contributed by atoms with Crippen LogP contribution >= 0.6 is 11.6 Å². The number of aryl methyl sites for hydroxylation is 3. The number of nitrogens with one attached hydrogen (secondary N) is 1. The largest absolute Gasteiger partial charge is 0.352 e. The van der Waals surface area contributed by atoms with Gasteiger partial charge in [-0.2, -0.15) is 9.40 Å². The van der Waals surface area contributed by atoms with Crippen LogP contribution in [0.5, 0.6) is 0 Å². The molecule has 7 nitrogen and oxygen atoms in total. The van der Waals surface area contributed by atoms with Gasteiger partial charge in [-0.05, 0) is 57.4 Å². The molecule has 0 radical (unpaired) electrons. The summed E-state index contributed by atoms with van der Waals surface area (Å²) in [7, 11) is -3.59. The summed E-state index contributed by atoms with van der Waals surface area (Å²) in [6.07, 6.45) is 2.42. The molecule has 9 heteroatoms. The van der Waals surface area contributed by atoms with E-state index in [-0.39, 0.29) is 21.4 Å². The Morgan fingerprint density at radius 2 is 1.93 bits per heavy atom. The second-order valence-electron chi connectivity index (χ2n) is 7.01. The maximum Gasteiger partial charge on any atom is 0.252 e. The zero-order chi connectivity index (χ0) is 20.3. The Bertz CT molecular complexity index is 966. The number of rotatable bonds is 7. The van der Waals surface area contributed by atoms with Crippen LogP contribution in [0.4, 0.5) is 0 Å². The molecule has 0 spiro atoms. The molecule has 152 valence electrons. The second kappa shape index (κ2) is 8.63. The molecule has 1 aliphatic heterocycles. The normalized spacial score (nSPS) is 15.1. The summed E-state index contributed by atoms with van der Waals surface area (Å²) in [5.74, 6) is -0.378. The van der Waals surface area contributed by atoms with Crippen molar-refractivity contribution in [2.75, 3.05) is 19.6 Å². The lowest BCUT2D eigenvalue weighted by atomic mass is 10.2. The minimum absolute atomic E-state index is 0.103. The molecule has 2 aromatic rings. The highest BCUT2D eigenvalue weighted by Gasteiger charge is 2.28. The van der Waals surface area contributed by atoms with Gasteiger partial charge in [0.25, 0.3) is 5.91 Å². The number of halogens is 1. The maximum absolute atomic E-state index is 12.7. The fraction of sp³-hybridized carbons (Fsp3) is 0.474. The van der Waals surface area contributed by atoms with Crippen LogP contribution in [0.15, 0.2) is 29.2 Å². The quantitative estimate of drug-likeness (QED) is 0.692. The van der Waals surface area contributed by atoms with Crippen molar-refractivity contribution in [1.82, 2.24) is 19.4 Å². The molecule has 2 heterocycles. The van der Waals surface area contributed by atoms with E-state index in [4.69, 9.17) is 11.6 Å². The molecule has 0 unspecified atom stereocenters. The number of hydrogen-bond acceptors (Lipinski definition) is 4. The predicted molar refractivity (Wildman–Crippen MR) is 108 cm³/mol. The van der Waals surface area contributed by atoms with Crippen molar-refractivity contribution in [2.24, 2.45) is 0 Å². The molecular formula is C19H25ClN4O3S. The Kier molecular flexibility index (Phi) is 6.42. The number of carbonyl (C=O) groups is 1. The van der Waals surface area contributed by atoms with Crippen LogP contribution < -0.4 is 5.32 Å². The van der Waals surface area contributed by atoms with Gasteiger partial charge in [0.15, 0.2) is 0 Å². The Balaban J connectivity index is 1.63. The zero-order valence-corrected chi connectivity index (χ0v) is 17.7. The van der Waals surface area contributed by atoms with Gasteiger partial charge in [0, 0.05) is 31.9 Å². The van der Waals surface area contributed by atoms with Crippen molar-refractivity contribution in [1.29, 1.82) is 0 Å². The van der Waals surface area contributed by atoms with E-state index in [2.05, 4.69) is 10.4 Å². The highest BCUT2D eigenvalue weighted by Crippen LogP contribution is 2.25. The van der Waals surface area contributed by atoms with Crippen LogP contribution in [-0.2, 0) is 16.6 Å². The maximum atomic E-state index is 12.7. The molecule has 1 fully saturated rings. The van der Waals surface area contributed by atoms with Crippen LogP contribution in [0.2, 0.25) is 5.02 Å². The van der Waals surface area contributed by atoms with Crippen LogP contribution in [0, 0.1) is 13.8 Å². The lowest BCUT2D eigenvalue weighted by Gasteiger charge is -2.16. The zero-order valence-electron chi connectivity index (χ0n) is 16.1. The SMILES string of the molecule is Cc1cc(C)n(CCCNC(=O)c2cc(S(=O)(=O)N3CCCC3)ccc2Cl)n1. The summed E-state index contributed by atoms with van der Waals surface area (Å²) >= 11 is 6.15. The van der Waals surface area contributed by atoms with E-state index < -0.39 is 10.0 Å². The first-order chi connectivity index (χ1) is 13.3. The highest BCUT2D eigenvalue weighted by molar-refractivity contribution is 7.89. The Morgan fingerprint density at radius 1 is 1.21 bits per heavy atom. The number of sulfonamides is 1. The van der Waals surface area contributed by atoms with Gasteiger partial charge >= 0.3 is 0 Å². The average Bonchev–Trinajstić information content (AvgIpc) is 3.29. The molecule has 0 saturated carbocycles. The van der Waals surface area contributed by atoms with Crippen LogP contribution in [-0.4, -0.2) is 48.0 Å². The third-order valence-corrected chi connectivity index (χ3v) is 7.05. The van der Waals surface area contributed by atoms with E-state index in [0.717, 1.165) is 24.2 Å². The minimum Gasteiger partial charge on any atom is -0.352 e. The summed E-state index contributed by atoms with van der Waals surface area (Å²) < 4.78 is 28.8. The topological polar surface area (TPSA) is 84.3 Å². The van der Waals surface area contributed by atoms with Crippen molar-refractivity contribution in [3.8, 4) is 0 Å². The predicted octanol–water partition coefficient (Wildman–Crippen LogP) is 2.76. The molecule has 1 aromatic heterocycles. The van der Waals surface area contributed by atoms with E-state index in [9.17, 15) is 13.2 Å². The van der Waals surface area contributed by atoms with Crippen LogP contribution in [0.1, 0.15) is 41.0 Å². The van der Waals surface area contributed by atoms with Crippen molar-refractivity contribution >= 4 is 27.5 Å². The van der Waals surface area contributed by atoms with E-state index in [1.165, 1.54) is 22.5 Å². The molecule has 0 aliphatic carbocycles. The Morgan fingerprint density at radius 3 is 2.57 bits per heavy atom. The molecule has 1 aromatic carbocycles. The third kappa shape index (κ3) is 4.56. The number of carbonyl (C=O) groups excluding carboxylic acids is 1. The van der Waals surface area contributed by atoms with Gasteiger partial charge in [-0.1, -0.05) is 11.6 Å². The molecular weight excluding hydrogens is 400 g/mol. The van der Waals surface area contributed by atoms with Gasteiger partial charge < -0.3 is 5.32 Å². The van der Waals surface area contributed by atoms with Gasteiger partial charge in [-0.3, -0.25) is 9.48 Å². The number of hydrogen-bond donors (Lipinski definition) is 1. The monoisotopic (exact) mass is 424 g/mol. The highest BCUT2D eigenvalue weighted by atomic mass is 35.5. The first kappa shape index (κ1) is 20.8. The number of nitrogens with zero attached hydrogens (tertiary/aromatic N) is 3. The molecule has 1 amide bonds. The molecule has 1 saturated heterocycles. The van der Waals surface area contributed by atoms with Gasteiger partial charge in [-0.15, -0.1) is 0 Å². The first-order valence-corrected chi connectivity index (χ1v) is 11.2. The summed E-state index contributed by atoms with van der Waals surface area (Å²) in [4.78, 5) is 12.6. The lowest BCUT2D eigenvalue weighted by molar-refractivity contribution is 0.0952. The Hall–Kier alpha value is -1.90. The number of amides is 1. The van der Waals surface area contributed by atoms with Gasteiger partial charge in [0.05, 0.1) is 21.2 Å². The van der Waals surface area contributed by atoms with Gasteiger partial charge in [0.2, 0.25) is 10.0 Å². The smallest absolute Gasteiger partial charge is 0.252 e. The van der Waals surface area contributed by atoms with Crippen molar-refractivity contribution in [3.05, 3.63) is 46.2 Å². The first-order valence-electron chi connectivity index (χ1n) is 9.38. The van der Waals surface area contributed by atoms with Crippen molar-refractivity contribution in [2.45, 2.75) is 44.6 Å². The fourth-order valence-electron chi connectivity index (χ4n) is 3.34. The van der Waals surface area contributed by atoms with Gasteiger partial charge in [0.1, 0.15) is 0 Å². The van der Waals surface area contributed by atoms with Crippen molar-refractivity contribution < 1.29 is 13.2 Å². The second-order valence-corrected chi connectivity index (χ2v) is 9.36. The fourth-order valence-corrected chi connectivity index (χ4v) is 5.09. The van der Waals surface area contributed by atoms with Crippen LogP contribution in [0.25, 0.3) is 0 Å². The lowest BCUT2D eigenvalue weighted by Crippen LogP contribution is -2.29. The van der Waals surface area contributed by atoms with Gasteiger partial charge in [-0.25, -0.2) is 8.42 Å². The summed E-state index contributed by atoms with van der Waals surface area (Å²) in [5, 5.41) is 7.43. The summed E-state index contributed by atoms with van der Waals surface area (Å²) in [5.41, 5.74) is 2.21. The molecule has 1 aliphatic rings. The molecule has 1 N–H and O–H groups in total.